The van der Waals surface area contributed by atoms with Gasteiger partial charge in [0.25, 0.3) is 5.91 Å². The summed E-state index contributed by atoms with van der Waals surface area (Å²) in [5.41, 5.74) is 0.666. The van der Waals surface area contributed by atoms with Crippen LogP contribution >= 0.6 is 23.2 Å². The van der Waals surface area contributed by atoms with Crippen LogP contribution in [0.3, 0.4) is 0 Å². The number of hydrogen-bond donors (Lipinski definition) is 2. The molecule has 24 heavy (non-hydrogen) atoms. The molecular weight excluding hydrogens is 351 g/mol. The van der Waals surface area contributed by atoms with Crippen molar-refractivity contribution in [2.24, 2.45) is 0 Å². The number of para-hydroxylation sites is 1. The fourth-order valence-corrected chi connectivity index (χ4v) is 2.81. The smallest absolute Gasteiger partial charge is 0.261 e. The van der Waals surface area contributed by atoms with E-state index in [1.807, 2.05) is 0 Å². The topological polar surface area (TPSA) is 75.3 Å². The first-order chi connectivity index (χ1) is 11.5. The molecule has 1 aromatic heterocycles. The van der Waals surface area contributed by atoms with Gasteiger partial charge in [0.1, 0.15) is 5.56 Å². The third-order valence-corrected chi connectivity index (χ3v) is 3.78. The minimum atomic E-state index is -0.494. The zero-order chi connectivity index (χ0) is 17.3. The Bertz CT molecular complexity index is 979. The Morgan fingerprint density at radius 3 is 2.54 bits per heavy atom. The van der Waals surface area contributed by atoms with E-state index < -0.39 is 5.91 Å². The van der Waals surface area contributed by atoms with Gasteiger partial charge in [-0.3, -0.25) is 10.2 Å². The summed E-state index contributed by atoms with van der Waals surface area (Å²) in [4.78, 5) is 12.4. The van der Waals surface area contributed by atoms with Gasteiger partial charge in [-0.15, -0.1) is 0 Å². The van der Waals surface area contributed by atoms with Crippen molar-refractivity contribution in [2.75, 3.05) is 12.4 Å². The lowest BCUT2D eigenvalue weighted by molar-refractivity contribution is 0.102. The van der Waals surface area contributed by atoms with Crippen molar-refractivity contribution >= 4 is 45.8 Å². The van der Waals surface area contributed by atoms with Crippen LogP contribution in [0.25, 0.3) is 11.0 Å². The van der Waals surface area contributed by atoms with Crippen LogP contribution in [0.15, 0.2) is 46.9 Å². The lowest BCUT2D eigenvalue weighted by Crippen LogP contribution is -2.20. The van der Waals surface area contributed by atoms with Gasteiger partial charge >= 0.3 is 0 Å². The SMILES string of the molecule is COc1cccc2cc(C(=O)Nc3cc(Cl)cc(Cl)c3)c(=N)oc12. The predicted octanol–water partition coefficient (Wildman–Crippen LogP) is 4.48. The molecule has 2 N–H and O–H groups in total. The Morgan fingerprint density at radius 1 is 1.17 bits per heavy atom. The number of fused-ring (bicyclic) bond motifs is 1. The van der Waals surface area contributed by atoms with E-state index in [1.165, 1.54) is 7.11 Å². The summed E-state index contributed by atoms with van der Waals surface area (Å²) in [6.45, 7) is 0. The standard InChI is InChI=1S/C17H12Cl2N2O3/c1-23-14-4-2-3-9-5-13(16(20)24-15(9)14)17(22)21-12-7-10(18)6-11(19)8-12/h2-8,20H,1H3,(H,21,22). The Hall–Kier alpha value is -2.50. The largest absolute Gasteiger partial charge is 0.493 e. The van der Waals surface area contributed by atoms with E-state index in [1.54, 1.807) is 42.5 Å². The van der Waals surface area contributed by atoms with Crippen LogP contribution in [-0.4, -0.2) is 13.0 Å². The zero-order valence-electron chi connectivity index (χ0n) is 12.5. The van der Waals surface area contributed by atoms with Crippen LogP contribution < -0.4 is 15.6 Å². The Morgan fingerprint density at radius 2 is 1.88 bits per heavy atom. The lowest BCUT2D eigenvalue weighted by atomic mass is 10.1. The molecule has 0 bridgehead atoms. The van der Waals surface area contributed by atoms with E-state index >= 15 is 0 Å². The Balaban J connectivity index is 2.01. The van der Waals surface area contributed by atoms with E-state index in [-0.39, 0.29) is 11.1 Å². The van der Waals surface area contributed by atoms with Crippen molar-refractivity contribution in [1.29, 1.82) is 5.41 Å². The highest BCUT2D eigenvalue weighted by Gasteiger charge is 2.14. The molecule has 1 amide bonds. The van der Waals surface area contributed by atoms with Crippen molar-refractivity contribution in [2.45, 2.75) is 0 Å². The quantitative estimate of drug-likeness (QED) is 0.721. The number of halogens is 2. The maximum absolute atomic E-state index is 12.4. The molecule has 2 aromatic carbocycles. The number of benzene rings is 2. The van der Waals surface area contributed by atoms with Gasteiger partial charge in [-0.1, -0.05) is 35.3 Å². The highest BCUT2D eigenvalue weighted by molar-refractivity contribution is 6.35. The Kier molecular flexibility index (Phi) is 4.46. The number of nitrogens with one attached hydrogen (secondary N) is 2. The fourth-order valence-electron chi connectivity index (χ4n) is 2.29. The number of anilines is 1. The Labute approximate surface area is 147 Å². The molecule has 3 aromatic rings. The van der Waals surface area contributed by atoms with Gasteiger partial charge < -0.3 is 14.5 Å². The number of amides is 1. The lowest BCUT2D eigenvalue weighted by Gasteiger charge is -2.08. The highest BCUT2D eigenvalue weighted by atomic mass is 35.5. The minimum Gasteiger partial charge on any atom is -0.493 e. The number of ether oxygens (including phenoxy) is 1. The van der Waals surface area contributed by atoms with Gasteiger partial charge in [-0.05, 0) is 30.3 Å². The summed E-state index contributed by atoms with van der Waals surface area (Å²) < 4.78 is 10.6. The van der Waals surface area contributed by atoms with Crippen LogP contribution in [-0.2, 0) is 0 Å². The molecule has 1 heterocycles. The maximum atomic E-state index is 12.4. The van der Waals surface area contributed by atoms with Crippen LogP contribution in [0.4, 0.5) is 5.69 Å². The number of rotatable bonds is 3. The van der Waals surface area contributed by atoms with Gasteiger partial charge in [0.15, 0.2) is 11.3 Å². The molecule has 5 nitrogen and oxygen atoms in total. The van der Waals surface area contributed by atoms with Crippen molar-refractivity contribution in [3.05, 3.63) is 63.6 Å². The third-order valence-electron chi connectivity index (χ3n) is 3.34. The van der Waals surface area contributed by atoms with Crippen LogP contribution in [0.5, 0.6) is 5.75 Å². The van der Waals surface area contributed by atoms with Gasteiger partial charge in [-0.25, -0.2) is 0 Å². The monoisotopic (exact) mass is 362 g/mol. The molecule has 0 aliphatic heterocycles. The van der Waals surface area contributed by atoms with Crippen molar-refractivity contribution in [3.63, 3.8) is 0 Å². The molecule has 0 radical (unpaired) electrons. The van der Waals surface area contributed by atoms with Gasteiger partial charge in [0.2, 0.25) is 5.55 Å². The second-order valence-corrected chi connectivity index (χ2v) is 5.85. The van der Waals surface area contributed by atoms with E-state index in [0.717, 1.165) is 0 Å². The first-order valence-electron chi connectivity index (χ1n) is 6.91. The molecule has 7 heteroatoms. The molecule has 0 saturated heterocycles. The summed E-state index contributed by atoms with van der Waals surface area (Å²) in [5.74, 6) is 0.00128. The predicted molar refractivity (Wildman–Crippen MR) is 93.0 cm³/mol. The van der Waals surface area contributed by atoms with Crippen LogP contribution in [0, 0.1) is 5.41 Å². The fraction of sp³-hybridized carbons (Fsp3) is 0.0588. The molecule has 0 saturated carbocycles. The molecule has 0 aliphatic carbocycles. The highest BCUT2D eigenvalue weighted by Crippen LogP contribution is 2.25. The molecule has 0 atom stereocenters. The van der Waals surface area contributed by atoms with E-state index in [9.17, 15) is 4.79 Å². The minimum absolute atomic E-state index is 0.0897. The molecule has 0 fully saturated rings. The summed E-state index contributed by atoms with van der Waals surface area (Å²) >= 11 is 11.8. The normalized spacial score (nSPS) is 10.6. The van der Waals surface area contributed by atoms with Gasteiger partial charge in [0, 0.05) is 21.1 Å². The zero-order valence-corrected chi connectivity index (χ0v) is 14.0. The summed E-state index contributed by atoms with van der Waals surface area (Å²) in [6.07, 6.45) is 0. The molecule has 0 aliphatic rings. The van der Waals surface area contributed by atoms with Gasteiger partial charge in [0.05, 0.1) is 7.11 Å². The first kappa shape index (κ1) is 16.4. The first-order valence-corrected chi connectivity index (χ1v) is 7.66. The van der Waals surface area contributed by atoms with Crippen LogP contribution in [0.1, 0.15) is 10.4 Å². The van der Waals surface area contributed by atoms with Crippen molar-refractivity contribution < 1.29 is 13.9 Å². The number of methoxy groups -OCH3 is 1. The maximum Gasteiger partial charge on any atom is 0.261 e. The van der Waals surface area contributed by atoms with Crippen molar-refractivity contribution in [3.8, 4) is 5.75 Å². The number of carbonyl (C=O) groups excluding carboxylic acids is 1. The summed E-state index contributed by atoms with van der Waals surface area (Å²) in [5, 5.41) is 12.1. The second kappa shape index (κ2) is 6.55. The average Bonchev–Trinajstić information content (AvgIpc) is 2.52. The van der Waals surface area contributed by atoms with E-state index in [0.29, 0.717) is 32.5 Å². The molecule has 0 spiro atoms. The molecule has 122 valence electrons. The number of hydrogen-bond acceptors (Lipinski definition) is 4. The van der Waals surface area contributed by atoms with Crippen molar-refractivity contribution in [1.82, 2.24) is 0 Å². The second-order valence-electron chi connectivity index (χ2n) is 4.98. The summed E-state index contributed by atoms with van der Waals surface area (Å²) in [6, 6.07) is 11.5. The average molecular weight is 363 g/mol. The molecular formula is C17H12Cl2N2O3. The van der Waals surface area contributed by atoms with Gasteiger partial charge in [-0.2, -0.15) is 0 Å². The van der Waals surface area contributed by atoms with Crippen LogP contribution in [0.2, 0.25) is 10.0 Å². The summed E-state index contributed by atoms with van der Waals surface area (Å²) in [7, 11) is 1.51. The molecule has 0 unspecified atom stereocenters. The van der Waals surface area contributed by atoms with E-state index in [4.69, 9.17) is 37.8 Å². The molecule has 3 rings (SSSR count). The number of carbonyl (C=O) groups is 1. The third kappa shape index (κ3) is 3.22. The van der Waals surface area contributed by atoms with E-state index in [2.05, 4.69) is 5.32 Å².